The fourth-order valence-corrected chi connectivity index (χ4v) is 1.57. The van der Waals surface area contributed by atoms with Crippen molar-refractivity contribution in [3.8, 4) is 0 Å². The van der Waals surface area contributed by atoms with Crippen LogP contribution in [0.15, 0.2) is 24.3 Å². The third kappa shape index (κ3) is 4.57. The fraction of sp³-hybridized carbons (Fsp3) is 0.429. The maximum absolute atomic E-state index is 11.4. The van der Waals surface area contributed by atoms with Crippen LogP contribution in [-0.4, -0.2) is 18.5 Å². The Morgan fingerprint density at radius 2 is 1.83 bits per heavy atom. The van der Waals surface area contributed by atoms with Crippen LogP contribution in [0, 0.1) is 5.92 Å². The lowest BCUT2D eigenvalue weighted by Gasteiger charge is -2.07. The average molecular weight is 249 g/mol. The number of ether oxygens (including phenoxy) is 1. The minimum atomic E-state index is -0.858. The molecule has 1 rings (SSSR count). The van der Waals surface area contributed by atoms with E-state index in [1.807, 2.05) is 12.1 Å². The van der Waals surface area contributed by atoms with Crippen molar-refractivity contribution in [2.24, 2.45) is 5.92 Å². The zero-order chi connectivity index (χ0) is 13.5. The Bertz CT molecular complexity index is 410. The Labute approximate surface area is 107 Å². The molecular formula is C14H19NO3. The van der Waals surface area contributed by atoms with Crippen LogP contribution < -0.4 is 5.32 Å². The van der Waals surface area contributed by atoms with Crippen LogP contribution in [0.5, 0.6) is 0 Å². The maximum Gasteiger partial charge on any atom is 0.397 e. The van der Waals surface area contributed by atoms with E-state index in [4.69, 9.17) is 0 Å². The lowest BCUT2D eigenvalue weighted by atomic mass is 10.0. The number of benzene rings is 1. The minimum absolute atomic E-state index is 0.194. The van der Waals surface area contributed by atoms with Gasteiger partial charge in [0.1, 0.15) is 0 Å². The number of amides is 1. The summed E-state index contributed by atoms with van der Waals surface area (Å²) in [5.41, 5.74) is 1.81. The van der Waals surface area contributed by atoms with Crippen molar-refractivity contribution >= 4 is 17.6 Å². The van der Waals surface area contributed by atoms with Crippen LogP contribution in [0.4, 0.5) is 5.69 Å². The van der Waals surface area contributed by atoms with Gasteiger partial charge in [0.05, 0.1) is 6.61 Å². The first-order chi connectivity index (χ1) is 8.52. The molecule has 1 N–H and O–H groups in total. The number of nitrogens with one attached hydrogen (secondary N) is 1. The molecule has 98 valence electrons. The summed E-state index contributed by atoms with van der Waals surface area (Å²) >= 11 is 0. The molecular weight excluding hydrogens is 230 g/mol. The van der Waals surface area contributed by atoms with Crippen molar-refractivity contribution in [1.82, 2.24) is 0 Å². The third-order valence-electron chi connectivity index (χ3n) is 2.32. The van der Waals surface area contributed by atoms with Crippen molar-refractivity contribution in [3.63, 3.8) is 0 Å². The number of rotatable bonds is 4. The van der Waals surface area contributed by atoms with Crippen molar-refractivity contribution < 1.29 is 14.3 Å². The van der Waals surface area contributed by atoms with Gasteiger partial charge in [0.15, 0.2) is 0 Å². The molecule has 0 heterocycles. The molecule has 1 aromatic carbocycles. The molecule has 0 aromatic heterocycles. The van der Waals surface area contributed by atoms with Gasteiger partial charge in [-0.3, -0.25) is 4.79 Å². The first-order valence-electron chi connectivity index (χ1n) is 6.10. The molecule has 0 unspecified atom stereocenters. The van der Waals surface area contributed by atoms with Crippen LogP contribution in [0.1, 0.15) is 26.3 Å². The highest BCUT2D eigenvalue weighted by Crippen LogP contribution is 2.13. The number of esters is 1. The van der Waals surface area contributed by atoms with E-state index in [0.29, 0.717) is 11.6 Å². The first kappa shape index (κ1) is 14.2. The van der Waals surface area contributed by atoms with Crippen molar-refractivity contribution in [2.45, 2.75) is 27.2 Å². The van der Waals surface area contributed by atoms with Crippen LogP contribution in [-0.2, 0) is 20.7 Å². The van der Waals surface area contributed by atoms with Crippen LogP contribution >= 0.6 is 0 Å². The molecule has 0 aliphatic rings. The van der Waals surface area contributed by atoms with Gasteiger partial charge in [0.2, 0.25) is 0 Å². The van der Waals surface area contributed by atoms with Crippen molar-refractivity contribution in [2.75, 3.05) is 11.9 Å². The first-order valence-corrected chi connectivity index (χ1v) is 6.10. The van der Waals surface area contributed by atoms with E-state index in [9.17, 15) is 9.59 Å². The Kier molecular flexibility index (Phi) is 5.36. The van der Waals surface area contributed by atoms with Crippen LogP contribution in [0.3, 0.4) is 0 Å². The third-order valence-corrected chi connectivity index (χ3v) is 2.32. The average Bonchev–Trinajstić information content (AvgIpc) is 2.31. The molecule has 0 aliphatic heterocycles. The normalized spacial score (nSPS) is 10.2. The largest absolute Gasteiger partial charge is 0.459 e. The second-order valence-electron chi connectivity index (χ2n) is 4.47. The molecule has 18 heavy (non-hydrogen) atoms. The van der Waals surface area contributed by atoms with Gasteiger partial charge in [0, 0.05) is 5.69 Å². The molecule has 4 heteroatoms. The second kappa shape index (κ2) is 6.79. The molecule has 0 saturated carbocycles. The molecule has 0 atom stereocenters. The summed E-state index contributed by atoms with van der Waals surface area (Å²) in [4.78, 5) is 22.5. The number of hydrogen-bond donors (Lipinski definition) is 1. The number of anilines is 1. The van der Waals surface area contributed by atoms with Gasteiger partial charge >= 0.3 is 11.9 Å². The predicted octanol–water partition coefficient (Wildman–Crippen LogP) is 2.39. The quantitative estimate of drug-likeness (QED) is 0.658. The minimum Gasteiger partial charge on any atom is -0.459 e. The summed E-state index contributed by atoms with van der Waals surface area (Å²) in [5.74, 6) is -1.01. The van der Waals surface area contributed by atoms with Gasteiger partial charge in [-0.2, -0.15) is 0 Å². The van der Waals surface area contributed by atoms with Gasteiger partial charge in [0.25, 0.3) is 0 Å². The Morgan fingerprint density at radius 1 is 1.22 bits per heavy atom. The molecule has 1 aromatic rings. The molecule has 0 spiro atoms. The molecule has 4 nitrogen and oxygen atoms in total. The monoisotopic (exact) mass is 249 g/mol. The molecule has 0 fully saturated rings. The van der Waals surface area contributed by atoms with Gasteiger partial charge < -0.3 is 10.1 Å². The van der Waals surface area contributed by atoms with E-state index in [0.717, 1.165) is 6.42 Å². The van der Waals surface area contributed by atoms with Crippen LogP contribution in [0.2, 0.25) is 0 Å². The predicted molar refractivity (Wildman–Crippen MR) is 70.2 cm³/mol. The zero-order valence-corrected chi connectivity index (χ0v) is 11.0. The molecule has 1 amide bonds. The summed E-state index contributed by atoms with van der Waals surface area (Å²) in [7, 11) is 0. The van der Waals surface area contributed by atoms with Gasteiger partial charge in [-0.05, 0) is 37.0 Å². The Hall–Kier alpha value is -1.84. The number of carbonyl (C=O) groups is 2. The number of hydrogen-bond acceptors (Lipinski definition) is 3. The highest BCUT2D eigenvalue weighted by molar-refractivity contribution is 6.37. The van der Waals surface area contributed by atoms with Gasteiger partial charge in [-0.25, -0.2) is 4.79 Å². The zero-order valence-electron chi connectivity index (χ0n) is 11.0. The van der Waals surface area contributed by atoms with E-state index >= 15 is 0 Å². The van der Waals surface area contributed by atoms with E-state index in [1.165, 1.54) is 5.56 Å². The highest BCUT2D eigenvalue weighted by atomic mass is 16.5. The summed E-state index contributed by atoms with van der Waals surface area (Å²) in [5, 5.41) is 2.49. The lowest BCUT2D eigenvalue weighted by molar-refractivity contribution is -0.152. The summed E-state index contributed by atoms with van der Waals surface area (Å²) < 4.78 is 4.60. The standard InChI is InChI=1S/C14H19NO3/c1-4-18-14(17)13(16)15-12-7-5-11(6-8-12)9-10(2)3/h5-8,10H,4,9H2,1-3H3,(H,15,16). The molecule has 0 bridgehead atoms. The van der Waals surface area contributed by atoms with Gasteiger partial charge in [-0.15, -0.1) is 0 Å². The van der Waals surface area contributed by atoms with Gasteiger partial charge in [-0.1, -0.05) is 26.0 Å². The SMILES string of the molecule is CCOC(=O)C(=O)Nc1ccc(CC(C)C)cc1. The number of carbonyl (C=O) groups excluding carboxylic acids is 2. The maximum atomic E-state index is 11.4. The molecule has 0 radical (unpaired) electrons. The summed E-state index contributed by atoms with van der Waals surface area (Å²) in [6.07, 6.45) is 0.992. The Morgan fingerprint density at radius 3 is 2.33 bits per heavy atom. The van der Waals surface area contributed by atoms with Crippen molar-refractivity contribution in [3.05, 3.63) is 29.8 Å². The van der Waals surface area contributed by atoms with E-state index in [2.05, 4.69) is 23.9 Å². The van der Waals surface area contributed by atoms with E-state index < -0.39 is 11.9 Å². The van der Waals surface area contributed by atoms with Crippen LogP contribution in [0.25, 0.3) is 0 Å². The summed E-state index contributed by atoms with van der Waals surface area (Å²) in [6.45, 7) is 6.15. The molecule has 0 saturated heterocycles. The topological polar surface area (TPSA) is 55.4 Å². The summed E-state index contributed by atoms with van der Waals surface area (Å²) in [6, 6.07) is 7.46. The fourth-order valence-electron chi connectivity index (χ4n) is 1.57. The van der Waals surface area contributed by atoms with Crippen molar-refractivity contribution in [1.29, 1.82) is 0 Å². The van der Waals surface area contributed by atoms with E-state index in [-0.39, 0.29) is 6.61 Å². The molecule has 0 aliphatic carbocycles. The smallest absolute Gasteiger partial charge is 0.397 e. The lowest BCUT2D eigenvalue weighted by Crippen LogP contribution is -2.24. The Balaban J connectivity index is 2.58. The highest BCUT2D eigenvalue weighted by Gasteiger charge is 2.14. The second-order valence-corrected chi connectivity index (χ2v) is 4.47. The van der Waals surface area contributed by atoms with E-state index in [1.54, 1.807) is 19.1 Å².